The second-order valence-electron chi connectivity index (χ2n) is 7.72. The van der Waals surface area contributed by atoms with Crippen LogP contribution in [0.5, 0.6) is 0 Å². The lowest BCUT2D eigenvalue weighted by molar-refractivity contribution is -0.117. The van der Waals surface area contributed by atoms with Crippen LogP contribution < -0.4 is 5.32 Å². The lowest BCUT2D eigenvalue weighted by Gasteiger charge is -2.32. The first-order valence-electron chi connectivity index (χ1n) is 10.2. The average Bonchev–Trinajstić information content (AvgIpc) is 2.74. The third-order valence-electron chi connectivity index (χ3n) is 5.15. The number of para-hydroxylation sites is 1. The maximum absolute atomic E-state index is 12.6. The van der Waals surface area contributed by atoms with E-state index in [0.29, 0.717) is 32.1 Å². The lowest BCUT2D eigenvalue weighted by atomic mass is 10.0. The van der Waals surface area contributed by atoms with Crippen molar-refractivity contribution in [2.24, 2.45) is 0 Å². The Bertz CT molecular complexity index is 980. The number of rotatable bonds is 7. The van der Waals surface area contributed by atoms with Gasteiger partial charge >= 0.3 is 0 Å². The average molecular weight is 428 g/mol. The first kappa shape index (κ1) is 22.2. The Morgan fingerprint density at radius 1 is 1.00 bits per heavy atom. The van der Waals surface area contributed by atoms with E-state index in [9.17, 15) is 13.2 Å². The molecule has 0 saturated carbocycles. The summed E-state index contributed by atoms with van der Waals surface area (Å²) in [6.45, 7) is 6.23. The fraction of sp³-hybridized carbons (Fsp3) is 0.348. The topological polar surface area (TPSA) is 69.7 Å². The van der Waals surface area contributed by atoms with Crippen molar-refractivity contribution >= 4 is 27.7 Å². The number of sulfonamides is 1. The molecule has 2 aromatic rings. The predicted molar refractivity (Wildman–Crippen MR) is 122 cm³/mol. The van der Waals surface area contributed by atoms with Gasteiger partial charge in [0.1, 0.15) is 0 Å². The SMILES string of the molecule is CC(C)c1ccccc1NC(=O)CN1CCN(S(=O)(=O)/C=C/c2ccccc2)CC1. The minimum Gasteiger partial charge on any atom is -0.325 e. The first-order chi connectivity index (χ1) is 14.3. The van der Waals surface area contributed by atoms with Crippen molar-refractivity contribution in [3.05, 3.63) is 71.1 Å². The zero-order chi connectivity index (χ0) is 21.6. The van der Waals surface area contributed by atoms with Gasteiger partial charge in [-0.05, 0) is 29.2 Å². The molecule has 0 unspecified atom stereocenters. The van der Waals surface area contributed by atoms with E-state index < -0.39 is 10.0 Å². The van der Waals surface area contributed by atoms with E-state index in [-0.39, 0.29) is 12.5 Å². The monoisotopic (exact) mass is 427 g/mol. The molecule has 3 rings (SSSR count). The molecule has 160 valence electrons. The van der Waals surface area contributed by atoms with Crippen molar-refractivity contribution < 1.29 is 13.2 Å². The van der Waals surface area contributed by atoms with Gasteiger partial charge in [0, 0.05) is 37.3 Å². The molecule has 1 N–H and O–H groups in total. The van der Waals surface area contributed by atoms with E-state index in [4.69, 9.17) is 0 Å². The smallest absolute Gasteiger partial charge is 0.238 e. The van der Waals surface area contributed by atoms with E-state index >= 15 is 0 Å². The van der Waals surface area contributed by atoms with Crippen LogP contribution in [-0.4, -0.2) is 56.3 Å². The summed E-state index contributed by atoms with van der Waals surface area (Å²) >= 11 is 0. The van der Waals surface area contributed by atoms with Crippen LogP contribution >= 0.6 is 0 Å². The predicted octanol–water partition coefficient (Wildman–Crippen LogP) is 3.37. The quantitative estimate of drug-likeness (QED) is 0.736. The Morgan fingerprint density at radius 3 is 2.30 bits per heavy atom. The number of nitrogens with one attached hydrogen (secondary N) is 1. The Kier molecular flexibility index (Phi) is 7.42. The molecule has 1 heterocycles. The van der Waals surface area contributed by atoms with Gasteiger partial charge in [-0.1, -0.05) is 62.4 Å². The maximum atomic E-state index is 12.6. The molecule has 0 aliphatic carbocycles. The van der Waals surface area contributed by atoms with Gasteiger partial charge in [0.05, 0.1) is 6.54 Å². The minimum absolute atomic E-state index is 0.0802. The van der Waals surface area contributed by atoms with Crippen LogP contribution in [0.1, 0.15) is 30.9 Å². The molecular formula is C23H29N3O3S. The van der Waals surface area contributed by atoms with Crippen LogP contribution in [0.3, 0.4) is 0 Å². The van der Waals surface area contributed by atoms with Gasteiger partial charge in [0.2, 0.25) is 15.9 Å². The van der Waals surface area contributed by atoms with E-state index in [1.807, 2.05) is 59.5 Å². The van der Waals surface area contributed by atoms with E-state index in [2.05, 4.69) is 19.2 Å². The van der Waals surface area contributed by atoms with Crippen molar-refractivity contribution in [3.8, 4) is 0 Å². The van der Waals surface area contributed by atoms with Crippen molar-refractivity contribution in [1.82, 2.24) is 9.21 Å². The molecule has 0 atom stereocenters. The molecule has 0 aromatic heterocycles. The number of nitrogens with zero attached hydrogens (tertiary/aromatic N) is 2. The molecule has 6 nitrogen and oxygen atoms in total. The van der Waals surface area contributed by atoms with Gasteiger partial charge in [-0.25, -0.2) is 8.42 Å². The Balaban J connectivity index is 1.52. The van der Waals surface area contributed by atoms with Gasteiger partial charge < -0.3 is 5.32 Å². The van der Waals surface area contributed by atoms with Gasteiger partial charge in [0.25, 0.3) is 0 Å². The van der Waals surface area contributed by atoms with Crippen molar-refractivity contribution in [1.29, 1.82) is 0 Å². The van der Waals surface area contributed by atoms with E-state index in [1.54, 1.807) is 6.08 Å². The second kappa shape index (κ2) is 10.0. The number of carbonyl (C=O) groups is 1. The molecule has 1 aliphatic heterocycles. The summed E-state index contributed by atoms with van der Waals surface area (Å²) in [7, 11) is -3.47. The van der Waals surface area contributed by atoms with Gasteiger partial charge in [-0.3, -0.25) is 9.69 Å². The third-order valence-corrected chi connectivity index (χ3v) is 6.71. The van der Waals surface area contributed by atoms with Crippen molar-refractivity contribution in [3.63, 3.8) is 0 Å². The molecule has 1 amide bonds. The highest BCUT2D eigenvalue weighted by Crippen LogP contribution is 2.23. The van der Waals surface area contributed by atoms with Gasteiger partial charge in [-0.2, -0.15) is 4.31 Å². The standard InChI is InChI=1S/C23H29N3O3S/c1-19(2)21-10-6-7-11-22(21)24-23(27)18-25-13-15-26(16-14-25)30(28,29)17-12-20-8-4-3-5-9-20/h3-12,17,19H,13-16,18H2,1-2H3,(H,24,27)/b17-12+. The maximum Gasteiger partial charge on any atom is 0.238 e. The third kappa shape index (κ3) is 6.01. The van der Waals surface area contributed by atoms with Crippen LogP contribution in [0.15, 0.2) is 60.0 Å². The summed E-state index contributed by atoms with van der Waals surface area (Å²) < 4.78 is 26.6. The van der Waals surface area contributed by atoms with Crippen LogP contribution in [0, 0.1) is 0 Å². The molecule has 0 radical (unpaired) electrons. The number of anilines is 1. The molecule has 2 aromatic carbocycles. The number of carbonyl (C=O) groups excluding carboxylic acids is 1. The summed E-state index contributed by atoms with van der Waals surface area (Å²) in [5.74, 6) is 0.238. The summed E-state index contributed by atoms with van der Waals surface area (Å²) in [6, 6.07) is 17.2. The largest absolute Gasteiger partial charge is 0.325 e. The number of benzene rings is 2. The van der Waals surface area contributed by atoms with Crippen LogP contribution in [-0.2, 0) is 14.8 Å². The Morgan fingerprint density at radius 2 is 1.63 bits per heavy atom. The highest BCUT2D eigenvalue weighted by atomic mass is 32.2. The zero-order valence-electron chi connectivity index (χ0n) is 17.5. The fourth-order valence-corrected chi connectivity index (χ4v) is 4.64. The molecule has 0 bridgehead atoms. The van der Waals surface area contributed by atoms with Crippen LogP contribution in [0.25, 0.3) is 6.08 Å². The van der Waals surface area contributed by atoms with Crippen molar-refractivity contribution in [2.75, 3.05) is 38.0 Å². The zero-order valence-corrected chi connectivity index (χ0v) is 18.3. The molecule has 1 aliphatic rings. The fourth-order valence-electron chi connectivity index (χ4n) is 3.46. The number of hydrogen-bond donors (Lipinski definition) is 1. The summed E-state index contributed by atoms with van der Waals surface area (Å²) in [5, 5.41) is 4.25. The molecule has 30 heavy (non-hydrogen) atoms. The van der Waals surface area contributed by atoms with Gasteiger partial charge in [0.15, 0.2) is 0 Å². The Labute approximate surface area is 179 Å². The summed E-state index contributed by atoms with van der Waals surface area (Å²) in [5.41, 5.74) is 2.79. The van der Waals surface area contributed by atoms with E-state index in [0.717, 1.165) is 16.8 Å². The second-order valence-corrected chi connectivity index (χ2v) is 9.54. The minimum atomic E-state index is -3.47. The molecule has 1 saturated heterocycles. The normalized spacial score (nSPS) is 16.2. The number of hydrogen-bond acceptors (Lipinski definition) is 4. The van der Waals surface area contributed by atoms with Crippen LogP contribution in [0.2, 0.25) is 0 Å². The molecule has 0 spiro atoms. The highest BCUT2D eigenvalue weighted by Gasteiger charge is 2.26. The Hall–Kier alpha value is -2.48. The summed E-state index contributed by atoms with van der Waals surface area (Å²) in [6.07, 6.45) is 1.61. The van der Waals surface area contributed by atoms with Crippen LogP contribution in [0.4, 0.5) is 5.69 Å². The number of piperazine rings is 1. The number of amides is 1. The van der Waals surface area contributed by atoms with E-state index in [1.165, 1.54) is 9.71 Å². The molecule has 1 fully saturated rings. The molecule has 7 heteroatoms. The van der Waals surface area contributed by atoms with Crippen molar-refractivity contribution in [2.45, 2.75) is 19.8 Å². The summed E-state index contributed by atoms with van der Waals surface area (Å²) in [4.78, 5) is 14.5. The first-order valence-corrected chi connectivity index (χ1v) is 11.7. The lowest BCUT2D eigenvalue weighted by Crippen LogP contribution is -2.49. The van der Waals surface area contributed by atoms with Gasteiger partial charge in [-0.15, -0.1) is 0 Å². The highest BCUT2D eigenvalue weighted by molar-refractivity contribution is 7.92. The molecular weight excluding hydrogens is 398 g/mol.